The lowest BCUT2D eigenvalue weighted by Crippen LogP contribution is -2.09. The van der Waals surface area contributed by atoms with Crippen molar-refractivity contribution in [2.75, 3.05) is 14.2 Å². The summed E-state index contributed by atoms with van der Waals surface area (Å²) >= 11 is 0. The van der Waals surface area contributed by atoms with Crippen molar-refractivity contribution in [2.24, 2.45) is 0 Å². The molecule has 0 saturated heterocycles. The fourth-order valence-electron chi connectivity index (χ4n) is 2.27. The molecule has 26 heavy (non-hydrogen) atoms. The third-order valence-electron chi connectivity index (χ3n) is 3.45. The van der Waals surface area contributed by atoms with E-state index in [4.69, 9.17) is 19.5 Å². The lowest BCUT2D eigenvalue weighted by molar-refractivity contribution is -0.133. The molecule has 0 bridgehead atoms. The first-order chi connectivity index (χ1) is 12.5. The van der Waals surface area contributed by atoms with Gasteiger partial charge in [0, 0.05) is 0 Å². The largest absolute Gasteiger partial charge is 0.503 e. The van der Waals surface area contributed by atoms with Crippen molar-refractivity contribution in [3.8, 4) is 11.8 Å². The molecule has 0 unspecified atom stereocenters. The Kier molecular flexibility index (Phi) is 6.28. The molecule has 134 valence electrons. The van der Waals surface area contributed by atoms with Crippen molar-refractivity contribution >= 4 is 11.5 Å². The van der Waals surface area contributed by atoms with Gasteiger partial charge >= 0.3 is 5.97 Å². The van der Waals surface area contributed by atoms with E-state index in [0.717, 1.165) is 12.1 Å². The van der Waals surface area contributed by atoms with Crippen LogP contribution in [0.25, 0.3) is 5.57 Å². The smallest absolute Gasteiger partial charge is 0.341 e. The fourth-order valence-corrected chi connectivity index (χ4v) is 2.27. The van der Waals surface area contributed by atoms with Gasteiger partial charge in [-0.2, -0.15) is 5.26 Å². The highest BCUT2D eigenvalue weighted by Crippen LogP contribution is 2.26. The predicted octanol–water partition coefficient (Wildman–Crippen LogP) is 3.58. The molecule has 2 aromatic carbocycles. The third kappa shape index (κ3) is 4.16. The Hall–Kier alpha value is -3.40. The lowest BCUT2D eigenvalue weighted by atomic mass is 10.0. The first kappa shape index (κ1) is 18.9. The van der Waals surface area contributed by atoms with Crippen molar-refractivity contribution in [1.29, 1.82) is 5.26 Å². The first-order valence-corrected chi connectivity index (χ1v) is 7.43. The van der Waals surface area contributed by atoms with Crippen LogP contribution in [-0.2, 0) is 20.9 Å². The van der Waals surface area contributed by atoms with E-state index in [2.05, 4.69) is 0 Å². The zero-order valence-corrected chi connectivity index (χ0v) is 14.1. The van der Waals surface area contributed by atoms with Gasteiger partial charge in [0.2, 0.25) is 0 Å². The molecule has 0 saturated carbocycles. The van der Waals surface area contributed by atoms with E-state index in [1.54, 1.807) is 30.3 Å². The Bertz CT molecular complexity index is 864. The molecule has 0 amide bonds. The minimum Gasteiger partial charge on any atom is -0.503 e. The van der Waals surface area contributed by atoms with Crippen LogP contribution < -0.4 is 4.74 Å². The van der Waals surface area contributed by atoms with E-state index < -0.39 is 23.4 Å². The summed E-state index contributed by atoms with van der Waals surface area (Å²) in [7, 11) is 2.61. The molecule has 0 aromatic heterocycles. The Labute approximate surface area is 149 Å². The number of esters is 1. The average molecular weight is 359 g/mol. The molecule has 7 heteroatoms. The SMILES string of the molecule is CO/C=C(/C(=O)OC)c1ccccc1COc1c(F)cc(C#N)cc1F. The normalized spacial score (nSPS) is 10.8. The van der Waals surface area contributed by atoms with Crippen LogP contribution in [0.5, 0.6) is 5.75 Å². The van der Waals surface area contributed by atoms with E-state index in [9.17, 15) is 13.6 Å². The van der Waals surface area contributed by atoms with Crippen LogP contribution >= 0.6 is 0 Å². The summed E-state index contributed by atoms with van der Waals surface area (Å²) in [6, 6.07) is 10.1. The van der Waals surface area contributed by atoms with Gasteiger partial charge in [-0.25, -0.2) is 13.6 Å². The van der Waals surface area contributed by atoms with Gasteiger partial charge in [-0.15, -0.1) is 0 Å². The van der Waals surface area contributed by atoms with Crippen LogP contribution in [0, 0.1) is 23.0 Å². The van der Waals surface area contributed by atoms with Gasteiger partial charge in [0.15, 0.2) is 17.4 Å². The number of ether oxygens (including phenoxy) is 3. The van der Waals surface area contributed by atoms with Crippen molar-refractivity contribution in [3.63, 3.8) is 0 Å². The van der Waals surface area contributed by atoms with Gasteiger partial charge in [0.25, 0.3) is 0 Å². The van der Waals surface area contributed by atoms with Gasteiger partial charge in [0.05, 0.1) is 32.1 Å². The number of halogens is 2. The summed E-state index contributed by atoms with van der Waals surface area (Å²) in [6.07, 6.45) is 1.22. The quantitative estimate of drug-likeness (QED) is 0.448. The highest BCUT2D eigenvalue weighted by molar-refractivity contribution is 6.16. The number of nitrogens with zero attached hydrogens (tertiary/aromatic N) is 1. The zero-order chi connectivity index (χ0) is 19.1. The maximum Gasteiger partial charge on any atom is 0.341 e. The Morgan fingerprint density at radius 1 is 1.19 bits per heavy atom. The highest BCUT2D eigenvalue weighted by Gasteiger charge is 2.18. The van der Waals surface area contributed by atoms with Crippen LogP contribution in [0.15, 0.2) is 42.7 Å². The van der Waals surface area contributed by atoms with Crippen molar-refractivity contribution in [1.82, 2.24) is 0 Å². The van der Waals surface area contributed by atoms with E-state index >= 15 is 0 Å². The second-order valence-electron chi connectivity index (χ2n) is 5.09. The number of hydrogen-bond donors (Lipinski definition) is 0. The lowest BCUT2D eigenvalue weighted by Gasteiger charge is -2.13. The van der Waals surface area contributed by atoms with Crippen LogP contribution in [0.3, 0.4) is 0 Å². The molecular weight excluding hydrogens is 344 g/mol. The number of benzene rings is 2. The molecule has 0 atom stereocenters. The van der Waals surface area contributed by atoms with Crippen LogP contribution in [0.4, 0.5) is 8.78 Å². The topological polar surface area (TPSA) is 68.6 Å². The Morgan fingerprint density at radius 3 is 2.42 bits per heavy atom. The van der Waals surface area contributed by atoms with Gasteiger partial charge < -0.3 is 14.2 Å². The number of nitriles is 1. The van der Waals surface area contributed by atoms with E-state index in [-0.39, 0.29) is 17.7 Å². The van der Waals surface area contributed by atoms with Crippen LogP contribution in [-0.4, -0.2) is 20.2 Å². The molecule has 0 spiro atoms. The van der Waals surface area contributed by atoms with Crippen LogP contribution in [0.2, 0.25) is 0 Å². The summed E-state index contributed by atoms with van der Waals surface area (Å²) in [6.45, 7) is -0.214. The number of rotatable bonds is 6. The molecule has 0 fully saturated rings. The molecule has 2 rings (SSSR count). The van der Waals surface area contributed by atoms with Gasteiger partial charge in [0.1, 0.15) is 12.2 Å². The summed E-state index contributed by atoms with van der Waals surface area (Å²) in [5.74, 6) is -3.21. The molecule has 0 heterocycles. The monoisotopic (exact) mass is 359 g/mol. The predicted molar refractivity (Wildman–Crippen MR) is 88.8 cm³/mol. The second-order valence-corrected chi connectivity index (χ2v) is 5.09. The molecule has 0 aliphatic carbocycles. The average Bonchev–Trinajstić information content (AvgIpc) is 2.65. The molecule has 0 aliphatic rings. The third-order valence-corrected chi connectivity index (χ3v) is 3.45. The molecular formula is C19H15F2NO4. The number of methoxy groups -OCH3 is 2. The number of hydrogen-bond acceptors (Lipinski definition) is 5. The molecule has 0 N–H and O–H groups in total. The number of carbonyl (C=O) groups is 1. The maximum atomic E-state index is 13.9. The van der Waals surface area contributed by atoms with Gasteiger partial charge in [-0.05, 0) is 23.3 Å². The second kappa shape index (κ2) is 8.62. The standard InChI is InChI=1S/C19H15F2NO4/c1-24-11-15(19(23)25-2)14-6-4-3-5-13(14)10-26-18-16(20)7-12(9-22)8-17(18)21/h3-8,11H,10H2,1-2H3/b15-11+. The zero-order valence-electron chi connectivity index (χ0n) is 14.1. The summed E-state index contributed by atoms with van der Waals surface area (Å²) in [5, 5.41) is 8.72. The maximum absolute atomic E-state index is 13.9. The summed E-state index contributed by atoms with van der Waals surface area (Å²) < 4.78 is 42.8. The molecule has 2 aromatic rings. The van der Waals surface area contributed by atoms with E-state index in [0.29, 0.717) is 11.1 Å². The van der Waals surface area contributed by atoms with Crippen molar-refractivity contribution in [2.45, 2.75) is 6.61 Å². The van der Waals surface area contributed by atoms with E-state index in [1.807, 2.05) is 0 Å². The first-order valence-electron chi connectivity index (χ1n) is 7.43. The van der Waals surface area contributed by atoms with E-state index in [1.165, 1.54) is 20.5 Å². The Morgan fingerprint density at radius 2 is 1.85 bits per heavy atom. The molecule has 5 nitrogen and oxygen atoms in total. The van der Waals surface area contributed by atoms with Crippen molar-refractivity contribution in [3.05, 3.63) is 71.0 Å². The Balaban J connectivity index is 2.34. The van der Waals surface area contributed by atoms with Crippen LogP contribution in [0.1, 0.15) is 16.7 Å². The number of carbonyl (C=O) groups excluding carboxylic acids is 1. The minimum absolute atomic E-state index is 0.134. The summed E-state index contributed by atoms with van der Waals surface area (Å²) in [5.41, 5.74) is 0.916. The van der Waals surface area contributed by atoms with Crippen molar-refractivity contribution < 1.29 is 27.8 Å². The molecule has 0 aliphatic heterocycles. The summed E-state index contributed by atoms with van der Waals surface area (Å²) in [4.78, 5) is 11.9. The highest BCUT2D eigenvalue weighted by atomic mass is 19.1. The van der Waals surface area contributed by atoms with Gasteiger partial charge in [-0.3, -0.25) is 0 Å². The fraction of sp³-hybridized carbons (Fsp3) is 0.158. The molecule has 0 radical (unpaired) electrons. The van der Waals surface area contributed by atoms with Gasteiger partial charge in [-0.1, -0.05) is 24.3 Å². The minimum atomic E-state index is -0.986.